The van der Waals surface area contributed by atoms with E-state index in [0.29, 0.717) is 17.1 Å². The quantitative estimate of drug-likeness (QED) is 0.625. The maximum Gasteiger partial charge on any atom is 0.305 e. The number of nitrogens with zero attached hydrogens (tertiary/aromatic N) is 1. The number of hydrazine groups is 1. The number of carbonyl (C=O) groups excluding carboxylic acids is 2. The molecule has 0 saturated heterocycles. The zero-order valence-electron chi connectivity index (χ0n) is 15.9. The summed E-state index contributed by atoms with van der Waals surface area (Å²) in [5.74, 6) is -0.510. The molecule has 29 heavy (non-hydrogen) atoms. The van der Waals surface area contributed by atoms with Gasteiger partial charge in [-0.05, 0) is 54.6 Å². The molecule has 0 bridgehead atoms. The zero-order valence-corrected chi connectivity index (χ0v) is 15.9. The Morgan fingerprint density at radius 3 is 2.45 bits per heavy atom. The first kappa shape index (κ1) is 19.9. The number of nitrogens with one attached hydrogen (secondary N) is 2. The standard InChI is InChI=1S/C21H20FN3O4/c1-25(2)16-5-3-4-14(12-16)20(26)23-24-21(27)19-11-10-18(29-19)13-28-17-8-6-15(22)7-9-17/h3-12H,13H2,1-2H3,(H,23,26)(H,24,27). The van der Waals surface area contributed by atoms with E-state index in [1.807, 2.05) is 25.1 Å². The van der Waals surface area contributed by atoms with E-state index in [2.05, 4.69) is 10.9 Å². The number of hydrogen-bond acceptors (Lipinski definition) is 5. The largest absolute Gasteiger partial charge is 0.486 e. The van der Waals surface area contributed by atoms with Gasteiger partial charge in [-0.3, -0.25) is 20.4 Å². The Labute approximate surface area is 167 Å². The molecule has 0 unspecified atom stereocenters. The Hall–Kier alpha value is -3.81. The monoisotopic (exact) mass is 397 g/mol. The summed E-state index contributed by atoms with van der Waals surface area (Å²) in [6.45, 7) is 0.0720. The molecule has 0 aliphatic rings. The fraction of sp³-hybridized carbons (Fsp3) is 0.143. The van der Waals surface area contributed by atoms with Gasteiger partial charge in [0.1, 0.15) is 23.9 Å². The van der Waals surface area contributed by atoms with Crippen LogP contribution in [-0.4, -0.2) is 25.9 Å². The van der Waals surface area contributed by atoms with Gasteiger partial charge in [0, 0.05) is 25.3 Å². The lowest BCUT2D eigenvalue weighted by atomic mass is 10.2. The molecule has 0 atom stereocenters. The number of amides is 2. The van der Waals surface area contributed by atoms with Gasteiger partial charge >= 0.3 is 5.91 Å². The lowest BCUT2D eigenvalue weighted by Gasteiger charge is -2.13. The Morgan fingerprint density at radius 1 is 1.00 bits per heavy atom. The lowest BCUT2D eigenvalue weighted by molar-refractivity contribution is 0.0828. The number of rotatable bonds is 6. The van der Waals surface area contributed by atoms with Crippen molar-refractivity contribution in [3.63, 3.8) is 0 Å². The van der Waals surface area contributed by atoms with Gasteiger partial charge in [0.05, 0.1) is 0 Å². The molecule has 0 aliphatic heterocycles. The first-order valence-electron chi connectivity index (χ1n) is 8.77. The molecule has 1 heterocycles. The van der Waals surface area contributed by atoms with Gasteiger partial charge in [0.15, 0.2) is 5.76 Å². The van der Waals surface area contributed by atoms with Crippen molar-refractivity contribution in [2.75, 3.05) is 19.0 Å². The van der Waals surface area contributed by atoms with Crippen LogP contribution < -0.4 is 20.5 Å². The van der Waals surface area contributed by atoms with Crippen molar-refractivity contribution in [2.24, 2.45) is 0 Å². The number of furan rings is 1. The Balaban J connectivity index is 1.52. The van der Waals surface area contributed by atoms with E-state index in [1.54, 1.807) is 24.3 Å². The van der Waals surface area contributed by atoms with Crippen LogP contribution in [-0.2, 0) is 6.61 Å². The van der Waals surface area contributed by atoms with E-state index in [9.17, 15) is 14.0 Å². The van der Waals surface area contributed by atoms with Gasteiger partial charge in [-0.15, -0.1) is 0 Å². The first-order valence-corrected chi connectivity index (χ1v) is 8.77. The van der Waals surface area contributed by atoms with Crippen LogP contribution in [0.25, 0.3) is 0 Å². The number of ether oxygens (including phenoxy) is 1. The molecule has 7 nitrogen and oxygen atoms in total. The molecule has 3 rings (SSSR count). The topological polar surface area (TPSA) is 83.8 Å². The second-order valence-corrected chi connectivity index (χ2v) is 6.36. The third-order valence-corrected chi connectivity index (χ3v) is 3.99. The highest BCUT2D eigenvalue weighted by Crippen LogP contribution is 2.15. The second-order valence-electron chi connectivity index (χ2n) is 6.36. The Bertz CT molecular complexity index is 999. The molecule has 0 saturated carbocycles. The highest BCUT2D eigenvalue weighted by atomic mass is 19.1. The summed E-state index contributed by atoms with van der Waals surface area (Å²) in [4.78, 5) is 26.3. The predicted molar refractivity (Wildman–Crippen MR) is 105 cm³/mol. The van der Waals surface area contributed by atoms with Crippen molar-refractivity contribution in [2.45, 2.75) is 6.61 Å². The molecule has 0 radical (unpaired) electrons. The van der Waals surface area contributed by atoms with Gasteiger partial charge in [-0.25, -0.2) is 4.39 Å². The zero-order chi connectivity index (χ0) is 20.8. The van der Waals surface area contributed by atoms with Crippen LogP contribution in [0.4, 0.5) is 10.1 Å². The van der Waals surface area contributed by atoms with Crippen LogP contribution in [0.15, 0.2) is 65.1 Å². The van der Waals surface area contributed by atoms with Crippen LogP contribution in [0.5, 0.6) is 5.75 Å². The maximum absolute atomic E-state index is 12.9. The fourth-order valence-corrected chi connectivity index (χ4v) is 2.44. The normalized spacial score (nSPS) is 10.3. The molecule has 3 aromatic rings. The minimum Gasteiger partial charge on any atom is -0.486 e. The number of anilines is 1. The van der Waals surface area contributed by atoms with Crippen molar-refractivity contribution >= 4 is 17.5 Å². The molecule has 150 valence electrons. The summed E-state index contributed by atoms with van der Waals surface area (Å²) in [5.41, 5.74) is 5.93. The molecule has 2 N–H and O–H groups in total. The van der Waals surface area contributed by atoms with Crippen molar-refractivity contribution in [3.8, 4) is 5.75 Å². The highest BCUT2D eigenvalue weighted by Gasteiger charge is 2.14. The minimum atomic E-state index is -0.602. The van der Waals surface area contributed by atoms with E-state index in [1.165, 1.54) is 30.3 Å². The number of halogens is 1. The summed E-state index contributed by atoms with van der Waals surface area (Å²) < 4.78 is 23.8. The van der Waals surface area contributed by atoms with Gasteiger partial charge < -0.3 is 14.1 Å². The molecule has 8 heteroatoms. The van der Waals surface area contributed by atoms with E-state index in [4.69, 9.17) is 9.15 Å². The predicted octanol–water partition coefficient (Wildman–Crippen LogP) is 3.14. The van der Waals surface area contributed by atoms with Crippen LogP contribution in [0, 0.1) is 5.82 Å². The Morgan fingerprint density at radius 2 is 1.72 bits per heavy atom. The van der Waals surface area contributed by atoms with Gasteiger partial charge in [-0.2, -0.15) is 0 Å². The molecule has 1 aromatic heterocycles. The average molecular weight is 397 g/mol. The van der Waals surface area contributed by atoms with Crippen molar-refractivity contribution in [1.29, 1.82) is 0 Å². The second kappa shape index (κ2) is 8.92. The Kier molecular flexibility index (Phi) is 6.13. The van der Waals surface area contributed by atoms with E-state index < -0.39 is 11.8 Å². The van der Waals surface area contributed by atoms with Gasteiger partial charge in [0.25, 0.3) is 5.91 Å². The fourth-order valence-electron chi connectivity index (χ4n) is 2.44. The van der Waals surface area contributed by atoms with Crippen molar-refractivity contribution in [1.82, 2.24) is 10.9 Å². The molecular weight excluding hydrogens is 377 g/mol. The molecular formula is C21H20FN3O4. The van der Waals surface area contributed by atoms with Crippen molar-refractivity contribution < 1.29 is 23.1 Å². The van der Waals surface area contributed by atoms with Gasteiger partial charge in [-0.1, -0.05) is 6.07 Å². The third kappa shape index (κ3) is 5.35. The molecule has 2 amide bonds. The van der Waals surface area contributed by atoms with Crippen LogP contribution in [0.1, 0.15) is 26.7 Å². The summed E-state index contributed by atoms with van der Waals surface area (Å²) in [5, 5.41) is 0. The molecule has 0 fully saturated rings. The average Bonchev–Trinajstić information content (AvgIpc) is 3.20. The number of benzene rings is 2. The SMILES string of the molecule is CN(C)c1cccc(C(=O)NNC(=O)c2ccc(COc3ccc(F)cc3)o2)c1. The molecule has 2 aromatic carbocycles. The third-order valence-electron chi connectivity index (χ3n) is 3.99. The minimum absolute atomic E-state index is 0.0186. The summed E-state index contributed by atoms with van der Waals surface area (Å²) in [6, 6.07) is 15.6. The lowest BCUT2D eigenvalue weighted by Crippen LogP contribution is -2.41. The summed E-state index contributed by atoms with van der Waals surface area (Å²) >= 11 is 0. The van der Waals surface area contributed by atoms with E-state index >= 15 is 0 Å². The van der Waals surface area contributed by atoms with Crippen LogP contribution in [0.2, 0.25) is 0 Å². The highest BCUT2D eigenvalue weighted by molar-refractivity contribution is 5.98. The van der Waals surface area contributed by atoms with Crippen LogP contribution >= 0.6 is 0 Å². The van der Waals surface area contributed by atoms with E-state index in [-0.39, 0.29) is 18.2 Å². The summed E-state index contributed by atoms with van der Waals surface area (Å²) in [7, 11) is 3.74. The van der Waals surface area contributed by atoms with Gasteiger partial charge in [0.2, 0.25) is 0 Å². The molecule has 0 aliphatic carbocycles. The maximum atomic E-state index is 12.9. The van der Waals surface area contributed by atoms with E-state index in [0.717, 1.165) is 5.69 Å². The number of hydrogen-bond donors (Lipinski definition) is 2. The van der Waals surface area contributed by atoms with Crippen LogP contribution in [0.3, 0.4) is 0 Å². The number of carbonyl (C=O) groups is 2. The van der Waals surface area contributed by atoms with Crippen molar-refractivity contribution in [3.05, 3.63) is 83.6 Å². The molecule has 0 spiro atoms. The first-order chi connectivity index (χ1) is 13.9. The summed E-state index contributed by atoms with van der Waals surface area (Å²) in [6.07, 6.45) is 0. The smallest absolute Gasteiger partial charge is 0.305 e.